The van der Waals surface area contributed by atoms with Crippen molar-refractivity contribution in [3.8, 4) is 23.0 Å². The van der Waals surface area contributed by atoms with Gasteiger partial charge < -0.3 is 18.8 Å². The van der Waals surface area contributed by atoms with E-state index in [1.807, 2.05) is 0 Å². The second kappa shape index (κ2) is 7.89. The molecule has 0 unspecified atom stereocenters. The first-order valence-corrected chi connectivity index (χ1v) is 7.21. The van der Waals surface area contributed by atoms with Gasteiger partial charge in [-0.25, -0.2) is 0 Å². The van der Waals surface area contributed by atoms with Gasteiger partial charge in [-0.3, -0.25) is 0 Å². The summed E-state index contributed by atoms with van der Waals surface area (Å²) in [5, 5.41) is 0. The second-order valence-electron chi connectivity index (χ2n) is 5.05. The number of benzene rings is 2. The average molecular weight is 393 g/mol. The van der Waals surface area contributed by atoms with E-state index in [-0.39, 0.29) is 11.5 Å². The lowest BCUT2D eigenvalue weighted by Gasteiger charge is -2.17. The molecule has 1 radical (unpaired) electrons. The number of hydrogen-bond donors (Lipinski definition) is 0. The van der Waals surface area contributed by atoms with Gasteiger partial charge in [0.1, 0.15) is 23.0 Å². The van der Waals surface area contributed by atoms with Crippen LogP contribution in [0.2, 0.25) is 0 Å². The van der Waals surface area contributed by atoms with Crippen LogP contribution in [0.1, 0.15) is 11.1 Å². The molecule has 2 aromatic rings. The first-order valence-electron chi connectivity index (χ1n) is 7.21. The van der Waals surface area contributed by atoms with Crippen LogP contribution in [0.25, 0.3) is 0 Å². The quantitative estimate of drug-likeness (QED) is 0.525. The third-order valence-corrected chi connectivity index (χ3v) is 3.33. The van der Waals surface area contributed by atoms with Crippen LogP contribution in [0.5, 0.6) is 23.0 Å². The minimum atomic E-state index is -4.77. The predicted octanol–water partition coefficient (Wildman–Crippen LogP) is 4.73. The Labute approximate surface area is 150 Å². The molecular formula is C16H12BF6O4. The van der Waals surface area contributed by atoms with Gasteiger partial charge in [0.25, 0.3) is 0 Å². The number of ether oxygens (including phenoxy) is 2. The maximum absolute atomic E-state index is 13.1. The standard InChI is InChI=1S/C16H12BF6O4/c1-24-9-3-5-13(11(7-9)15(18,19)20)26-17-27-14-6-4-10(25-2)8-12(14)16(21,22)23/h3-8H,1-2H3. The Hall–Kier alpha value is -2.72. The molecule has 0 aromatic heterocycles. The third kappa shape index (κ3) is 5.14. The maximum atomic E-state index is 13.1. The van der Waals surface area contributed by atoms with Crippen LogP contribution < -0.4 is 18.8 Å². The molecule has 4 nitrogen and oxygen atoms in total. The number of alkyl halides is 6. The van der Waals surface area contributed by atoms with Gasteiger partial charge in [0, 0.05) is 0 Å². The van der Waals surface area contributed by atoms with E-state index in [4.69, 9.17) is 18.8 Å². The molecule has 0 heterocycles. The molecule has 2 aromatic carbocycles. The lowest BCUT2D eigenvalue weighted by molar-refractivity contribution is -0.139. The molecule has 2 rings (SSSR count). The van der Waals surface area contributed by atoms with Gasteiger partial charge in [0.05, 0.1) is 25.3 Å². The van der Waals surface area contributed by atoms with E-state index in [2.05, 4.69) is 0 Å². The molecule has 0 fully saturated rings. The molecule has 0 spiro atoms. The van der Waals surface area contributed by atoms with E-state index < -0.39 is 35.0 Å². The number of hydrogen-bond acceptors (Lipinski definition) is 4. The zero-order valence-corrected chi connectivity index (χ0v) is 13.9. The van der Waals surface area contributed by atoms with Crippen molar-refractivity contribution in [3.63, 3.8) is 0 Å². The molecule has 11 heteroatoms. The van der Waals surface area contributed by atoms with Gasteiger partial charge in [0.2, 0.25) is 0 Å². The van der Waals surface area contributed by atoms with Gasteiger partial charge >= 0.3 is 20.0 Å². The van der Waals surface area contributed by atoms with Crippen LogP contribution in [0.4, 0.5) is 26.3 Å². The summed E-state index contributed by atoms with van der Waals surface area (Å²) >= 11 is 0. The number of halogens is 6. The SMILES string of the molecule is COc1ccc(O[B]Oc2ccc(OC)cc2C(F)(F)F)c(C(F)(F)F)c1. The van der Waals surface area contributed by atoms with Gasteiger partial charge in [-0.15, -0.1) is 0 Å². The fourth-order valence-corrected chi connectivity index (χ4v) is 2.05. The summed E-state index contributed by atoms with van der Waals surface area (Å²) in [5.74, 6) is -1.45. The van der Waals surface area contributed by atoms with Gasteiger partial charge in [-0.1, -0.05) is 0 Å². The molecule has 0 atom stereocenters. The van der Waals surface area contributed by atoms with Crippen molar-refractivity contribution < 1.29 is 45.1 Å². The Morgan fingerprint density at radius 2 is 1.04 bits per heavy atom. The summed E-state index contributed by atoms with van der Waals surface area (Å²) in [7, 11) is 2.76. The van der Waals surface area contributed by atoms with Crippen molar-refractivity contribution in [3.05, 3.63) is 47.5 Å². The monoisotopic (exact) mass is 393 g/mol. The summed E-state index contributed by atoms with van der Waals surface area (Å²) in [5.41, 5.74) is -2.35. The van der Waals surface area contributed by atoms with Crippen molar-refractivity contribution in [1.82, 2.24) is 0 Å². The maximum Gasteiger partial charge on any atom is 0.658 e. The Morgan fingerprint density at radius 3 is 1.33 bits per heavy atom. The fourth-order valence-electron chi connectivity index (χ4n) is 2.05. The second-order valence-corrected chi connectivity index (χ2v) is 5.05. The summed E-state index contributed by atoms with van der Waals surface area (Å²) in [6, 6.07) is 5.70. The van der Waals surface area contributed by atoms with Gasteiger partial charge in [-0.05, 0) is 36.4 Å². The van der Waals surface area contributed by atoms with E-state index in [1.54, 1.807) is 0 Å². The third-order valence-electron chi connectivity index (χ3n) is 3.33. The summed E-state index contributed by atoms with van der Waals surface area (Å²) < 4.78 is 97.4. The van der Waals surface area contributed by atoms with Crippen molar-refractivity contribution in [1.29, 1.82) is 0 Å². The molecule has 0 bridgehead atoms. The lowest BCUT2D eigenvalue weighted by Crippen LogP contribution is -2.17. The molecule has 0 amide bonds. The smallest absolute Gasteiger partial charge is 0.526 e. The zero-order valence-electron chi connectivity index (χ0n) is 13.9. The molecule has 0 saturated heterocycles. The van der Waals surface area contributed by atoms with E-state index >= 15 is 0 Å². The molecule has 0 aliphatic carbocycles. The van der Waals surface area contributed by atoms with E-state index in [1.165, 1.54) is 26.4 Å². The molecule has 0 aliphatic rings. The highest BCUT2D eigenvalue weighted by Crippen LogP contribution is 2.40. The normalized spacial score (nSPS) is 11.7. The topological polar surface area (TPSA) is 36.9 Å². The summed E-state index contributed by atoms with van der Waals surface area (Å²) in [4.78, 5) is 0. The average Bonchev–Trinajstić information content (AvgIpc) is 2.60. The Morgan fingerprint density at radius 1 is 0.667 bits per heavy atom. The Balaban J connectivity index is 2.20. The van der Waals surface area contributed by atoms with E-state index in [9.17, 15) is 26.3 Å². The van der Waals surface area contributed by atoms with Crippen molar-refractivity contribution in [2.24, 2.45) is 0 Å². The minimum Gasteiger partial charge on any atom is -0.526 e. The molecular weight excluding hydrogens is 381 g/mol. The Kier molecular flexibility index (Phi) is 6.02. The largest absolute Gasteiger partial charge is 0.658 e. The molecule has 145 valence electrons. The minimum absolute atomic E-state index is 0.0647. The molecule has 0 N–H and O–H groups in total. The van der Waals surface area contributed by atoms with Crippen LogP contribution in [0.15, 0.2) is 36.4 Å². The highest BCUT2D eigenvalue weighted by molar-refractivity contribution is 6.20. The summed E-state index contributed by atoms with van der Waals surface area (Å²) in [6.45, 7) is 0. The van der Waals surface area contributed by atoms with Crippen LogP contribution >= 0.6 is 0 Å². The van der Waals surface area contributed by atoms with Crippen LogP contribution in [-0.4, -0.2) is 21.9 Å². The van der Waals surface area contributed by atoms with Crippen molar-refractivity contribution >= 4 is 7.69 Å². The van der Waals surface area contributed by atoms with Crippen LogP contribution in [0, 0.1) is 0 Å². The molecule has 0 saturated carbocycles. The van der Waals surface area contributed by atoms with Gasteiger partial charge in [-0.2, -0.15) is 26.3 Å². The fraction of sp³-hybridized carbons (Fsp3) is 0.250. The van der Waals surface area contributed by atoms with Crippen molar-refractivity contribution in [2.75, 3.05) is 14.2 Å². The van der Waals surface area contributed by atoms with Crippen LogP contribution in [0.3, 0.4) is 0 Å². The predicted molar refractivity (Wildman–Crippen MR) is 83.0 cm³/mol. The summed E-state index contributed by atoms with van der Waals surface area (Å²) in [6.07, 6.45) is -9.54. The van der Waals surface area contributed by atoms with Crippen molar-refractivity contribution in [2.45, 2.75) is 12.4 Å². The van der Waals surface area contributed by atoms with Gasteiger partial charge in [0.15, 0.2) is 0 Å². The highest BCUT2D eigenvalue weighted by Gasteiger charge is 2.36. The van der Waals surface area contributed by atoms with E-state index in [0.717, 1.165) is 12.1 Å². The molecule has 27 heavy (non-hydrogen) atoms. The highest BCUT2D eigenvalue weighted by atomic mass is 19.4. The molecule has 0 aliphatic heterocycles. The first-order chi connectivity index (χ1) is 12.6. The van der Waals surface area contributed by atoms with E-state index in [0.29, 0.717) is 19.8 Å². The zero-order chi connectivity index (χ0) is 20.2. The number of rotatable bonds is 6. The number of methoxy groups -OCH3 is 2. The Bertz CT molecular complexity index is 726. The first kappa shape index (κ1) is 20.6. The van der Waals surface area contributed by atoms with Crippen LogP contribution in [-0.2, 0) is 12.4 Å². The lowest BCUT2D eigenvalue weighted by atomic mass is 10.1.